The lowest BCUT2D eigenvalue weighted by atomic mass is 10.1. The first-order valence-corrected chi connectivity index (χ1v) is 18.5. The van der Waals surface area contributed by atoms with E-state index in [-0.39, 0.29) is 30.4 Å². The minimum absolute atomic E-state index is 0.0268. The maximum Gasteiger partial charge on any atom is 0.416 e. The average Bonchev–Trinajstić information content (AvgIpc) is 3.23. The van der Waals surface area contributed by atoms with Crippen molar-refractivity contribution >= 4 is 42.6 Å². The smallest absolute Gasteiger partial charge is 0.416 e. The fraction of sp³-hybridized carbons (Fsp3) is 0.484. The number of piperidine rings is 1. The van der Waals surface area contributed by atoms with E-state index in [0.29, 0.717) is 49.3 Å². The number of carbonyl (C=O) groups excluding carboxylic acids is 3. The number of carbonyl (C=O) groups is 3. The highest BCUT2D eigenvalue weighted by Gasteiger charge is 2.31. The van der Waals surface area contributed by atoms with Crippen molar-refractivity contribution in [1.29, 1.82) is 0 Å². The Kier molecular flexibility index (Phi) is 10.5. The van der Waals surface area contributed by atoms with E-state index in [1.165, 1.54) is 19.1 Å². The van der Waals surface area contributed by atoms with Crippen LogP contribution in [0.3, 0.4) is 0 Å². The number of rotatable bonds is 11. The maximum atomic E-state index is 13.4. The van der Waals surface area contributed by atoms with Gasteiger partial charge in [-0.15, -0.1) is 0 Å². The summed E-state index contributed by atoms with van der Waals surface area (Å²) in [4.78, 5) is 43.6. The molecule has 2 aromatic carbocycles. The van der Waals surface area contributed by atoms with E-state index in [9.17, 15) is 27.6 Å². The summed E-state index contributed by atoms with van der Waals surface area (Å²) < 4.78 is 54.9. The largest absolute Gasteiger partial charge is 0.466 e. The number of nitrogens with zero attached hydrogens (tertiary/aromatic N) is 4. The van der Waals surface area contributed by atoms with Gasteiger partial charge in [0.2, 0.25) is 11.5 Å². The first kappa shape index (κ1) is 33.2. The number of halogens is 3. The van der Waals surface area contributed by atoms with Crippen LogP contribution in [0.4, 0.5) is 18.9 Å². The fourth-order valence-corrected chi connectivity index (χ4v) is 5.75. The first-order chi connectivity index (χ1) is 20.7. The van der Waals surface area contributed by atoms with Crippen molar-refractivity contribution in [3.05, 3.63) is 59.2 Å². The van der Waals surface area contributed by atoms with Gasteiger partial charge in [0.15, 0.2) is 0 Å². The fourth-order valence-electron chi connectivity index (χ4n) is 4.99. The van der Waals surface area contributed by atoms with Gasteiger partial charge in [0.05, 0.1) is 23.2 Å². The summed E-state index contributed by atoms with van der Waals surface area (Å²) in [6.07, 6.45) is -2.05. The zero-order valence-corrected chi connectivity index (χ0v) is 26.6. The monoisotopic (exact) mass is 632 g/mol. The van der Waals surface area contributed by atoms with Gasteiger partial charge in [0, 0.05) is 52.4 Å². The predicted molar refractivity (Wildman–Crippen MR) is 163 cm³/mol. The molecule has 13 heteroatoms. The number of benzene rings is 2. The van der Waals surface area contributed by atoms with Crippen molar-refractivity contribution in [3.63, 3.8) is 0 Å². The molecule has 2 heterocycles. The maximum absolute atomic E-state index is 13.4. The molecule has 0 spiro atoms. The number of imidazole rings is 1. The van der Waals surface area contributed by atoms with Crippen LogP contribution in [0.15, 0.2) is 47.5 Å². The van der Waals surface area contributed by atoms with Crippen molar-refractivity contribution in [3.8, 4) is 0 Å². The second-order valence-electron chi connectivity index (χ2n) is 12.1. The molecule has 44 heavy (non-hydrogen) atoms. The lowest BCUT2D eigenvalue weighted by molar-refractivity contribution is -0.141. The molecule has 0 saturated carbocycles. The van der Waals surface area contributed by atoms with Crippen molar-refractivity contribution in [1.82, 2.24) is 9.13 Å². The molecule has 1 aromatic heterocycles. The van der Waals surface area contributed by atoms with Crippen LogP contribution < -0.4 is 10.5 Å². The van der Waals surface area contributed by atoms with Crippen molar-refractivity contribution in [2.45, 2.75) is 77.7 Å². The van der Waals surface area contributed by atoms with E-state index in [0.717, 1.165) is 31.0 Å². The van der Waals surface area contributed by atoms with Gasteiger partial charge in [0.25, 0.3) is 5.91 Å². The van der Waals surface area contributed by atoms with E-state index < -0.39 is 31.7 Å². The van der Waals surface area contributed by atoms with Gasteiger partial charge in [-0.2, -0.15) is 18.2 Å². The average molecular weight is 633 g/mol. The summed E-state index contributed by atoms with van der Waals surface area (Å²) in [5, 5.41) is 0. The molecule has 0 unspecified atom stereocenters. The number of alkyl halides is 3. The van der Waals surface area contributed by atoms with Crippen molar-refractivity contribution in [2.24, 2.45) is 4.99 Å². The number of esters is 1. The summed E-state index contributed by atoms with van der Waals surface area (Å²) >= 11 is 0. The number of fused-ring (bicyclic) bond motifs is 1. The minimum atomic E-state index is -4.62. The summed E-state index contributed by atoms with van der Waals surface area (Å²) in [6, 6.07) is 10.6. The number of aromatic nitrogens is 2. The predicted octanol–water partition coefficient (Wildman–Crippen LogP) is 5.99. The Morgan fingerprint density at radius 3 is 2.45 bits per heavy atom. The molecule has 0 aliphatic carbocycles. The number of aryl methyl sites for hydroxylation is 1. The third kappa shape index (κ3) is 8.47. The van der Waals surface area contributed by atoms with Crippen LogP contribution in [0.25, 0.3) is 11.0 Å². The third-order valence-electron chi connectivity index (χ3n) is 7.35. The molecule has 2 amide bonds. The molecular formula is C31H39F3N4O5Si. The van der Waals surface area contributed by atoms with Crippen LogP contribution in [0.5, 0.6) is 0 Å². The van der Waals surface area contributed by atoms with Crippen molar-refractivity contribution in [2.75, 3.05) is 24.7 Å². The van der Waals surface area contributed by atoms with Crippen LogP contribution in [-0.2, 0) is 38.5 Å². The molecular weight excluding hydrogens is 593 g/mol. The number of anilines is 1. The molecule has 0 radical (unpaired) electrons. The van der Waals surface area contributed by atoms with Gasteiger partial charge in [0.1, 0.15) is 6.73 Å². The number of amides is 2. The summed E-state index contributed by atoms with van der Waals surface area (Å²) in [5.74, 6) is -1.24. The van der Waals surface area contributed by atoms with Gasteiger partial charge >= 0.3 is 12.1 Å². The molecule has 0 atom stereocenters. The molecule has 1 aliphatic rings. The number of ether oxygens (including phenoxy) is 2. The summed E-state index contributed by atoms with van der Waals surface area (Å²) in [7, 11) is -1.41. The summed E-state index contributed by atoms with van der Waals surface area (Å²) in [6.45, 7) is 9.53. The van der Waals surface area contributed by atoms with Gasteiger partial charge < -0.3 is 18.9 Å². The lowest BCUT2D eigenvalue weighted by Crippen LogP contribution is -2.35. The standard InChI is InChI=1S/C31H39F3N4O5Si/c1-22(39)43-16-8-15-37-26-13-12-25(36-14-6-5-11-28(36)40)20-27(26)38(21-42-17-18-44(2,3)4)30(37)35-29(41)23-9-7-10-24(19-23)31(32,33)34/h7,9-10,12-13,19-20H,5-6,8,11,14-18,21H2,1-4H3. The number of hydrogen-bond donors (Lipinski definition) is 0. The third-order valence-corrected chi connectivity index (χ3v) is 9.05. The molecule has 3 aromatic rings. The zero-order chi connectivity index (χ0) is 32.1. The van der Waals surface area contributed by atoms with Gasteiger partial charge in [-0.3, -0.25) is 19.0 Å². The molecule has 1 aliphatic heterocycles. The quantitative estimate of drug-likeness (QED) is 0.147. The Balaban J connectivity index is 1.85. The van der Waals surface area contributed by atoms with E-state index in [1.807, 2.05) is 18.2 Å². The zero-order valence-electron chi connectivity index (χ0n) is 25.6. The Labute approximate surface area is 255 Å². The topological polar surface area (TPSA) is 95.1 Å². The second-order valence-corrected chi connectivity index (χ2v) is 17.7. The Hall–Kier alpha value is -3.71. The SMILES string of the molecule is CC(=O)OCCCn1c(=NC(=O)c2cccc(C(F)(F)F)c2)n(COCC[Si](C)(C)C)c2cc(N3CCCCC3=O)ccc21. The van der Waals surface area contributed by atoms with Gasteiger partial charge in [-0.1, -0.05) is 25.7 Å². The van der Waals surface area contributed by atoms with Crippen LogP contribution in [-0.4, -0.2) is 54.8 Å². The van der Waals surface area contributed by atoms with Crippen LogP contribution in [0.1, 0.15) is 48.5 Å². The first-order valence-electron chi connectivity index (χ1n) is 14.8. The van der Waals surface area contributed by atoms with Gasteiger partial charge in [-0.05, 0) is 61.7 Å². The Bertz CT molecular complexity index is 1590. The Morgan fingerprint density at radius 1 is 1.00 bits per heavy atom. The van der Waals surface area contributed by atoms with Crippen LogP contribution in [0.2, 0.25) is 25.7 Å². The van der Waals surface area contributed by atoms with Crippen molar-refractivity contribution < 1.29 is 37.0 Å². The highest BCUT2D eigenvalue weighted by atomic mass is 28.3. The van der Waals surface area contributed by atoms with E-state index in [2.05, 4.69) is 24.6 Å². The van der Waals surface area contributed by atoms with Crippen LogP contribution in [0, 0.1) is 0 Å². The van der Waals surface area contributed by atoms with E-state index in [4.69, 9.17) is 9.47 Å². The molecule has 4 rings (SSSR count). The normalized spacial score (nSPS) is 14.8. The molecule has 0 bridgehead atoms. The van der Waals surface area contributed by atoms with Gasteiger partial charge in [-0.25, -0.2) is 0 Å². The van der Waals surface area contributed by atoms with E-state index >= 15 is 0 Å². The minimum Gasteiger partial charge on any atom is -0.466 e. The molecule has 1 fully saturated rings. The molecule has 1 saturated heterocycles. The van der Waals surface area contributed by atoms with Crippen LogP contribution >= 0.6 is 0 Å². The molecule has 238 valence electrons. The number of hydrogen-bond acceptors (Lipinski definition) is 5. The lowest BCUT2D eigenvalue weighted by Gasteiger charge is -2.27. The second kappa shape index (κ2) is 13.9. The Morgan fingerprint density at radius 2 is 1.77 bits per heavy atom. The molecule has 0 N–H and O–H groups in total. The highest BCUT2D eigenvalue weighted by molar-refractivity contribution is 6.76. The van der Waals surface area contributed by atoms with E-state index in [1.54, 1.807) is 14.0 Å². The molecule has 9 nitrogen and oxygen atoms in total. The highest BCUT2D eigenvalue weighted by Crippen LogP contribution is 2.30. The summed E-state index contributed by atoms with van der Waals surface area (Å²) in [5.41, 5.74) is 1.06.